The van der Waals surface area contributed by atoms with Gasteiger partial charge >= 0.3 is 6.03 Å². The van der Waals surface area contributed by atoms with Crippen molar-refractivity contribution in [2.75, 3.05) is 11.9 Å². The summed E-state index contributed by atoms with van der Waals surface area (Å²) in [5.74, 6) is 0.665. The van der Waals surface area contributed by atoms with Gasteiger partial charge in [0.15, 0.2) is 11.2 Å². The number of anilines is 1. The number of rotatable bonds is 7. The number of benzene rings is 1. The van der Waals surface area contributed by atoms with Crippen LogP contribution in [0.5, 0.6) is 0 Å². The van der Waals surface area contributed by atoms with Gasteiger partial charge in [-0.1, -0.05) is 29.3 Å². The molecule has 0 bridgehead atoms. The predicted molar refractivity (Wildman–Crippen MR) is 106 cm³/mol. The molecule has 3 rings (SSSR count). The van der Waals surface area contributed by atoms with Crippen LogP contribution >= 0.6 is 34.5 Å². The van der Waals surface area contributed by atoms with Crippen molar-refractivity contribution in [3.8, 4) is 0 Å². The average Bonchev–Trinajstić information content (AvgIpc) is 3.33. The van der Waals surface area contributed by atoms with Gasteiger partial charge in [0.05, 0.1) is 15.7 Å². The second-order valence-electron chi connectivity index (χ2n) is 5.44. The molecule has 142 valence electrons. The highest BCUT2D eigenvalue weighted by molar-refractivity contribution is 7.13. The molecule has 0 saturated heterocycles. The minimum atomic E-state index is -0.406. The van der Waals surface area contributed by atoms with Crippen LogP contribution in [0.4, 0.5) is 9.93 Å². The lowest BCUT2D eigenvalue weighted by atomic mass is 10.2. The van der Waals surface area contributed by atoms with Crippen molar-refractivity contribution in [1.82, 2.24) is 20.3 Å². The van der Waals surface area contributed by atoms with Gasteiger partial charge in [0.25, 0.3) is 0 Å². The zero-order valence-corrected chi connectivity index (χ0v) is 16.7. The van der Waals surface area contributed by atoms with Gasteiger partial charge < -0.3 is 15.0 Å². The molecule has 0 fully saturated rings. The number of aromatic amines is 1. The van der Waals surface area contributed by atoms with Gasteiger partial charge in [-0.05, 0) is 24.6 Å². The molecule has 2 amide bonds. The van der Waals surface area contributed by atoms with Crippen LogP contribution in [-0.4, -0.2) is 27.6 Å². The van der Waals surface area contributed by atoms with Gasteiger partial charge in [0, 0.05) is 30.9 Å². The number of H-pyrrole nitrogens is 1. The first-order valence-electron chi connectivity index (χ1n) is 8.12. The predicted octanol–water partition coefficient (Wildman–Crippen LogP) is 4.62. The molecule has 1 atom stereocenters. The van der Waals surface area contributed by atoms with E-state index in [1.54, 1.807) is 30.6 Å². The second-order valence-corrected chi connectivity index (χ2v) is 7.12. The molecule has 2 aromatic heterocycles. The van der Waals surface area contributed by atoms with Crippen LogP contribution in [0.25, 0.3) is 0 Å². The number of hydrogen-bond acceptors (Lipinski definition) is 5. The number of hydrogen-bond donors (Lipinski definition) is 3. The zero-order valence-electron chi connectivity index (χ0n) is 14.3. The van der Waals surface area contributed by atoms with Gasteiger partial charge in [-0.15, -0.1) is 11.3 Å². The quantitative estimate of drug-likeness (QED) is 0.514. The molecule has 3 aromatic rings. The number of nitrogens with zero attached hydrogens (tertiary/aromatic N) is 2. The second kappa shape index (κ2) is 9.18. The Bertz CT molecular complexity index is 901. The summed E-state index contributed by atoms with van der Waals surface area (Å²) in [7, 11) is 0. The minimum absolute atomic E-state index is 0.314. The molecule has 27 heavy (non-hydrogen) atoms. The molecule has 0 saturated carbocycles. The molecular weight excluding hydrogens is 409 g/mol. The molecule has 10 heteroatoms. The summed E-state index contributed by atoms with van der Waals surface area (Å²) in [6.45, 7) is 2.72. The van der Waals surface area contributed by atoms with Gasteiger partial charge in [-0.2, -0.15) is 0 Å². The number of carbonyl (C=O) groups excluding carboxylic acids is 1. The third-order valence-corrected chi connectivity index (χ3v) is 5.06. The fraction of sp³-hybridized carbons (Fsp3) is 0.235. The standard InChI is InChI=1S/C17H17Cl2N5O2S/c1-2-26-14(15-20-5-6-21-15)13-9-27-17(23-13)24-16(25)22-8-10-3-4-11(18)12(19)7-10/h3-7,9,14H,2,8H2,1H3,(H,20,21)(H2,22,23,24,25). The first-order valence-corrected chi connectivity index (χ1v) is 9.75. The smallest absolute Gasteiger partial charge is 0.321 e. The highest BCUT2D eigenvalue weighted by atomic mass is 35.5. The normalized spacial score (nSPS) is 12.0. The third-order valence-electron chi connectivity index (χ3n) is 3.55. The van der Waals surface area contributed by atoms with Crippen molar-refractivity contribution in [1.29, 1.82) is 0 Å². The third kappa shape index (κ3) is 5.20. The topological polar surface area (TPSA) is 91.9 Å². The number of thiazole rings is 1. The average molecular weight is 426 g/mol. The maximum atomic E-state index is 12.1. The van der Waals surface area contributed by atoms with Crippen LogP contribution in [0.3, 0.4) is 0 Å². The fourth-order valence-corrected chi connectivity index (χ4v) is 3.37. The Hall–Kier alpha value is -2.13. The van der Waals surface area contributed by atoms with E-state index in [0.29, 0.717) is 39.8 Å². The van der Waals surface area contributed by atoms with Crippen LogP contribution in [0.1, 0.15) is 30.1 Å². The Labute approximate surface area is 170 Å². The van der Waals surface area contributed by atoms with Crippen molar-refractivity contribution in [3.63, 3.8) is 0 Å². The highest BCUT2D eigenvalue weighted by Crippen LogP contribution is 2.27. The molecule has 3 N–H and O–H groups in total. The molecule has 0 spiro atoms. The first kappa shape index (κ1) is 19.6. The largest absolute Gasteiger partial charge is 0.364 e. The number of halogens is 2. The van der Waals surface area contributed by atoms with Gasteiger partial charge in [-0.3, -0.25) is 5.32 Å². The van der Waals surface area contributed by atoms with Crippen molar-refractivity contribution in [3.05, 3.63) is 63.1 Å². The van der Waals surface area contributed by atoms with E-state index < -0.39 is 6.10 Å². The Morgan fingerprint density at radius 3 is 2.93 bits per heavy atom. The van der Waals surface area contributed by atoms with Crippen LogP contribution in [0.15, 0.2) is 36.0 Å². The first-order chi connectivity index (χ1) is 13.1. The van der Waals surface area contributed by atoms with E-state index in [2.05, 4.69) is 25.6 Å². The van der Waals surface area contributed by atoms with Crippen molar-refractivity contribution in [2.45, 2.75) is 19.6 Å². The minimum Gasteiger partial charge on any atom is -0.364 e. The Morgan fingerprint density at radius 2 is 2.22 bits per heavy atom. The lowest BCUT2D eigenvalue weighted by Crippen LogP contribution is -2.28. The summed E-state index contributed by atoms with van der Waals surface area (Å²) in [6, 6.07) is 4.83. The molecule has 0 aliphatic heterocycles. The number of amides is 2. The monoisotopic (exact) mass is 425 g/mol. The number of nitrogens with one attached hydrogen (secondary N) is 3. The number of urea groups is 1. The van der Waals surface area contributed by atoms with Gasteiger partial charge in [-0.25, -0.2) is 14.8 Å². The Morgan fingerprint density at radius 1 is 1.37 bits per heavy atom. The zero-order chi connectivity index (χ0) is 19.2. The summed E-state index contributed by atoms with van der Waals surface area (Å²) in [4.78, 5) is 23.8. The molecule has 1 unspecified atom stereocenters. The summed E-state index contributed by atoms with van der Waals surface area (Å²) in [5, 5.41) is 8.68. The van der Waals surface area contributed by atoms with Crippen molar-refractivity contribution in [2.24, 2.45) is 0 Å². The summed E-state index contributed by atoms with van der Waals surface area (Å²) in [5.41, 5.74) is 1.52. The van der Waals surface area contributed by atoms with Crippen LogP contribution in [-0.2, 0) is 11.3 Å². The Kier molecular flexibility index (Phi) is 6.68. The summed E-state index contributed by atoms with van der Waals surface area (Å²) >= 11 is 13.2. The van der Waals surface area contributed by atoms with Crippen LogP contribution in [0, 0.1) is 0 Å². The Balaban J connectivity index is 1.59. The van der Waals surface area contributed by atoms with E-state index in [0.717, 1.165) is 5.56 Å². The molecule has 2 heterocycles. The van der Waals surface area contributed by atoms with E-state index >= 15 is 0 Å². The SMILES string of the molecule is CCOC(c1csc(NC(=O)NCc2ccc(Cl)c(Cl)c2)n1)c1ncc[nH]1. The summed E-state index contributed by atoms with van der Waals surface area (Å²) in [6.07, 6.45) is 2.98. The molecular formula is C17H17Cl2N5O2S. The molecule has 0 radical (unpaired) electrons. The van der Waals surface area contributed by atoms with Crippen molar-refractivity contribution >= 4 is 45.7 Å². The van der Waals surface area contributed by atoms with E-state index in [9.17, 15) is 4.79 Å². The maximum absolute atomic E-state index is 12.1. The van der Waals surface area contributed by atoms with Crippen molar-refractivity contribution < 1.29 is 9.53 Å². The van der Waals surface area contributed by atoms with Crippen LogP contribution < -0.4 is 10.6 Å². The fourth-order valence-electron chi connectivity index (χ4n) is 2.33. The molecule has 0 aliphatic carbocycles. The molecule has 7 nitrogen and oxygen atoms in total. The number of carbonyl (C=O) groups is 1. The number of aromatic nitrogens is 3. The summed E-state index contributed by atoms with van der Waals surface area (Å²) < 4.78 is 5.72. The van der Waals surface area contributed by atoms with E-state index in [-0.39, 0.29) is 6.03 Å². The lowest BCUT2D eigenvalue weighted by molar-refractivity contribution is 0.0832. The molecule has 0 aliphatic rings. The highest BCUT2D eigenvalue weighted by Gasteiger charge is 2.20. The number of ether oxygens (including phenoxy) is 1. The lowest BCUT2D eigenvalue weighted by Gasteiger charge is -2.12. The maximum Gasteiger partial charge on any atom is 0.321 e. The van der Waals surface area contributed by atoms with E-state index in [4.69, 9.17) is 27.9 Å². The van der Waals surface area contributed by atoms with Gasteiger partial charge in [0.1, 0.15) is 5.82 Å². The van der Waals surface area contributed by atoms with Gasteiger partial charge in [0.2, 0.25) is 0 Å². The van der Waals surface area contributed by atoms with E-state index in [1.807, 2.05) is 12.3 Å². The van der Waals surface area contributed by atoms with E-state index in [1.165, 1.54) is 11.3 Å². The number of imidazole rings is 1. The molecule has 1 aromatic carbocycles. The van der Waals surface area contributed by atoms with Crippen LogP contribution in [0.2, 0.25) is 10.0 Å².